The summed E-state index contributed by atoms with van der Waals surface area (Å²) in [5, 5.41) is 4.26. The molecule has 0 unspecified atom stereocenters. The fourth-order valence-electron chi connectivity index (χ4n) is 3.45. The number of ether oxygens (including phenoxy) is 1. The fraction of sp³-hybridized carbons (Fsp3) is 0.391. The van der Waals surface area contributed by atoms with Gasteiger partial charge < -0.3 is 10.1 Å². The van der Waals surface area contributed by atoms with Gasteiger partial charge in [-0.15, -0.1) is 0 Å². The van der Waals surface area contributed by atoms with Crippen LogP contribution in [-0.4, -0.2) is 46.8 Å². The van der Waals surface area contributed by atoms with Gasteiger partial charge in [0.25, 0.3) is 17.7 Å². The van der Waals surface area contributed by atoms with Gasteiger partial charge in [0.05, 0.1) is 0 Å². The number of esters is 1. The topological polar surface area (TPSA) is 92.8 Å². The third-order valence-electron chi connectivity index (χ3n) is 4.79. The summed E-state index contributed by atoms with van der Waals surface area (Å²) in [5.74, 6) is -1.65. The Morgan fingerprint density at radius 1 is 1.03 bits per heavy atom. The summed E-state index contributed by atoms with van der Waals surface area (Å²) in [6.07, 6.45) is -0.669. The van der Waals surface area contributed by atoms with Crippen LogP contribution in [0.4, 0.5) is 0 Å². The van der Waals surface area contributed by atoms with E-state index in [1.807, 2.05) is 32.9 Å². The van der Waals surface area contributed by atoms with Crippen molar-refractivity contribution in [2.75, 3.05) is 6.54 Å². The normalized spacial score (nSPS) is 14.6. The van der Waals surface area contributed by atoms with Gasteiger partial charge in [-0.1, -0.05) is 24.3 Å². The number of carbonyl (C=O) groups is 4. The highest BCUT2D eigenvalue weighted by molar-refractivity contribution is 6.25. The number of imide groups is 1. The predicted molar refractivity (Wildman–Crippen MR) is 112 cm³/mol. The molecule has 0 aromatic heterocycles. The van der Waals surface area contributed by atoms with Crippen LogP contribution in [0.2, 0.25) is 0 Å². The van der Waals surface area contributed by atoms with Crippen molar-refractivity contribution in [1.29, 1.82) is 0 Å². The molecule has 0 saturated heterocycles. The summed E-state index contributed by atoms with van der Waals surface area (Å²) in [6, 6.07) is 10.7. The average molecular weight is 410 g/mol. The molecule has 0 spiro atoms. The van der Waals surface area contributed by atoms with E-state index >= 15 is 0 Å². The van der Waals surface area contributed by atoms with Crippen molar-refractivity contribution >= 4 is 34.5 Å². The number of carbonyl (C=O) groups excluding carboxylic acids is 4. The molecule has 7 nitrogen and oxygen atoms in total. The van der Waals surface area contributed by atoms with Crippen molar-refractivity contribution < 1.29 is 23.9 Å². The molecule has 3 rings (SSSR count). The van der Waals surface area contributed by atoms with Crippen molar-refractivity contribution in [3.63, 3.8) is 0 Å². The first-order valence-electron chi connectivity index (χ1n) is 9.98. The Kier molecular flexibility index (Phi) is 5.92. The van der Waals surface area contributed by atoms with Crippen molar-refractivity contribution in [3.05, 3.63) is 47.5 Å². The first kappa shape index (κ1) is 21.5. The van der Waals surface area contributed by atoms with E-state index in [0.717, 1.165) is 5.39 Å². The first-order valence-corrected chi connectivity index (χ1v) is 9.98. The molecule has 30 heavy (non-hydrogen) atoms. The molecule has 1 heterocycles. The fourth-order valence-corrected chi connectivity index (χ4v) is 3.45. The number of benzene rings is 2. The molecular weight excluding hydrogens is 384 g/mol. The molecule has 1 aliphatic rings. The molecule has 0 bridgehead atoms. The molecular formula is C23H26N2O5. The predicted octanol–water partition coefficient (Wildman–Crippen LogP) is 3.06. The van der Waals surface area contributed by atoms with Gasteiger partial charge in [0.15, 0.2) is 6.10 Å². The molecule has 2 aromatic carbocycles. The van der Waals surface area contributed by atoms with Crippen LogP contribution in [-0.2, 0) is 14.3 Å². The third kappa shape index (κ3) is 4.50. The third-order valence-corrected chi connectivity index (χ3v) is 4.79. The molecule has 7 heteroatoms. The second-order valence-corrected chi connectivity index (χ2v) is 8.45. The lowest BCUT2D eigenvalue weighted by atomic mass is 9.94. The zero-order valence-electron chi connectivity index (χ0n) is 17.7. The average Bonchev–Trinajstić information content (AvgIpc) is 2.67. The zero-order valence-corrected chi connectivity index (χ0v) is 17.7. The second kappa shape index (κ2) is 8.26. The number of nitrogens with one attached hydrogen (secondary N) is 1. The minimum Gasteiger partial charge on any atom is -0.453 e. The largest absolute Gasteiger partial charge is 0.453 e. The van der Waals surface area contributed by atoms with E-state index in [0.29, 0.717) is 16.5 Å². The summed E-state index contributed by atoms with van der Waals surface area (Å²) in [5.41, 5.74) is 0.543. The van der Waals surface area contributed by atoms with Crippen LogP contribution in [0.25, 0.3) is 10.8 Å². The first-order chi connectivity index (χ1) is 14.1. The van der Waals surface area contributed by atoms with E-state index in [9.17, 15) is 19.2 Å². The monoisotopic (exact) mass is 410 g/mol. The lowest BCUT2D eigenvalue weighted by Gasteiger charge is -2.27. The van der Waals surface area contributed by atoms with E-state index in [1.165, 1.54) is 11.8 Å². The molecule has 0 aliphatic carbocycles. The summed E-state index contributed by atoms with van der Waals surface area (Å²) in [6.45, 7) is 7.12. The molecule has 1 N–H and O–H groups in total. The molecule has 3 amide bonds. The number of amides is 3. The van der Waals surface area contributed by atoms with Gasteiger partial charge in [-0.25, -0.2) is 0 Å². The maximum Gasteiger partial charge on any atom is 0.306 e. The highest BCUT2D eigenvalue weighted by Crippen LogP contribution is 2.30. The van der Waals surface area contributed by atoms with E-state index in [4.69, 9.17) is 4.74 Å². The number of hydrogen-bond donors (Lipinski definition) is 1. The maximum atomic E-state index is 12.8. The van der Waals surface area contributed by atoms with Crippen LogP contribution in [0.3, 0.4) is 0 Å². The van der Waals surface area contributed by atoms with Crippen LogP contribution in [0.1, 0.15) is 61.3 Å². The molecule has 2 aromatic rings. The van der Waals surface area contributed by atoms with Crippen molar-refractivity contribution in [2.45, 2.75) is 52.2 Å². The van der Waals surface area contributed by atoms with Crippen molar-refractivity contribution in [2.24, 2.45) is 0 Å². The number of rotatable bonds is 6. The van der Waals surface area contributed by atoms with Crippen LogP contribution >= 0.6 is 0 Å². The molecule has 1 aliphatic heterocycles. The number of nitrogens with zero attached hydrogens (tertiary/aromatic N) is 1. The molecule has 0 fully saturated rings. The molecule has 0 radical (unpaired) electrons. The Hall–Kier alpha value is -3.22. The Bertz CT molecular complexity index is 971. The van der Waals surface area contributed by atoms with E-state index in [2.05, 4.69) is 5.32 Å². The van der Waals surface area contributed by atoms with Gasteiger partial charge in [0.1, 0.15) is 0 Å². The SMILES string of the molecule is C[C@H](OC(=O)CCCN1C(=O)c2cccc3cccc(c23)C1=O)C(=O)NC(C)(C)C. The van der Waals surface area contributed by atoms with Crippen LogP contribution in [0.15, 0.2) is 36.4 Å². The van der Waals surface area contributed by atoms with Gasteiger partial charge in [-0.05, 0) is 51.6 Å². The zero-order chi connectivity index (χ0) is 22.1. The summed E-state index contributed by atoms with van der Waals surface area (Å²) in [7, 11) is 0. The highest BCUT2D eigenvalue weighted by atomic mass is 16.5. The summed E-state index contributed by atoms with van der Waals surface area (Å²) >= 11 is 0. The lowest BCUT2D eigenvalue weighted by molar-refractivity contribution is -0.155. The van der Waals surface area contributed by atoms with E-state index in [1.54, 1.807) is 24.3 Å². The summed E-state index contributed by atoms with van der Waals surface area (Å²) in [4.78, 5) is 50.9. The van der Waals surface area contributed by atoms with Gasteiger partial charge in [0, 0.05) is 35.0 Å². The Labute approximate surface area is 175 Å². The smallest absolute Gasteiger partial charge is 0.306 e. The lowest BCUT2D eigenvalue weighted by Crippen LogP contribution is -2.46. The van der Waals surface area contributed by atoms with Crippen molar-refractivity contribution in [3.8, 4) is 0 Å². The van der Waals surface area contributed by atoms with Crippen LogP contribution < -0.4 is 5.32 Å². The minimum atomic E-state index is -0.917. The maximum absolute atomic E-state index is 12.8. The quantitative estimate of drug-likeness (QED) is 0.584. The number of hydrogen-bond acceptors (Lipinski definition) is 5. The standard InChI is InChI=1S/C23H26N2O5/c1-14(20(27)24-23(2,3)4)30-18(26)12-7-13-25-21(28)16-10-5-8-15-9-6-11-17(19(15)16)22(25)29/h5-6,8-11,14H,7,12-13H2,1-4H3,(H,24,27)/t14-/m0/s1. The Morgan fingerprint density at radius 3 is 2.13 bits per heavy atom. The van der Waals surface area contributed by atoms with Gasteiger partial charge in [0.2, 0.25) is 0 Å². The molecule has 158 valence electrons. The van der Waals surface area contributed by atoms with E-state index in [-0.39, 0.29) is 37.1 Å². The van der Waals surface area contributed by atoms with E-state index < -0.39 is 17.6 Å². The minimum absolute atomic E-state index is 0.00392. The second-order valence-electron chi connectivity index (χ2n) is 8.45. The van der Waals surface area contributed by atoms with Gasteiger partial charge in [-0.2, -0.15) is 0 Å². The van der Waals surface area contributed by atoms with Gasteiger partial charge in [-0.3, -0.25) is 24.1 Å². The van der Waals surface area contributed by atoms with Crippen molar-refractivity contribution in [1.82, 2.24) is 10.2 Å². The van der Waals surface area contributed by atoms with Crippen LogP contribution in [0, 0.1) is 0 Å². The summed E-state index contributed by atoms with van der Waals surface area (Å²) < 4.78 is 5.16. The molecule has 1 atom stereocenters. The highest BCUT2D eigenvalue weighted by Gasteiger charge is 2.32. The van der Waals surface area contributed by atoms with Crippen LogP contribution in [0.5, 0.6) is 0 Å². The van der Waals surface area contributed by atoms with Gasteiger partial charge >= 0.3 is 5.97 Å². The Balaban J connectivity index is 1.59. The Morgan fingerprint density at radius 2 is 1.60 bits per heavy atom. The molecule has 0 saturated carbocycles.